The molecule has 1 aliphatic rings. The molecule has 1 unspecified atom stereocenters. The van der Waals surface area contributed by atoms with Gasteiger partial charge in [-0.3, -0.25) is 4.99 Å². The second-order valence-electron chi connectivity index (χ2n) is 3.34. The van der Waals surface area contributed by atoms with Crippen LogP contribution in [-0.4, -0.2) is 26.2 Å². The number of hydrogen-bond acceptors (Lipinski definition) is 2. The molecule has 0 saturated carbocycles. The Labute approximate surface area is 125 Å². The van der Waals surface area contributed by atoms with Crippen molar-refractivity contribution in [2.24, 2.45) is 10.2 Å². The van der Waals surface area contributed by atoms with Gasteiger partial charge in [-0.2, -0.15) is 0 Å². The van der Waals surface area contributed by atoms with E-state index in [2.05, 4.69) is 29.1 Å². The van der Waals surface area contributed by atoms with Crippen LogP contribution in [0.2, 0.25) is 0 Å². The summed E-state index contributed by atoms with van der Waals surface area (Å²) >= 11 is 1.69. The van der Waals surface area contributed by atoms with Crippen molar-refractivity contribution in [2.45, 2.75) is 25.1 Å². The first-order valence-electron chi connectivity index (χ1n) is 4.38. The molecular formula is C6H12Cl6N3SSb. The molecule has 0 aromatic rings. The van der Waals surface area contributed by atoms with E-state index in [0.717, 1.165) is 11.6 Å². The quantitative estimate of drug-likeness (QED) is 0.549. The zero-order chi connectivity index (χ0) is 14.0. The third kappa shape index (κ3) is 14.4. The molecule has 1 rings (SSSR count). The van der Waals surface area contributed by atoms with Gasteiger partial charge >= 0.3 is 67.3 Å². The van der Waals surface area contributed by atoms with Crippen molar-refractivity contribution in [1.82, 2.24) is 0 Å². The summed E-state index contributed by atoms with van der Waals surface area (Å²) in [5.74, 6) is 0. The molecule has 0 aromatic carbocycles. The first kappa shape index (κ1) is 19.2. The van der Waals surface area contributed by atoms with Crippen molar-refractivity contribution in [3.8, 4) is 0 Å². The van der Waals surface area contributed by atoms with Crippen molar-refractivity contribution >= 4 is 79.0 Å². The zero-order valence-electron chi connectivity index (χ0n) is 9.22. The van der Waals surface area contributed by atoms with E-state index < -0.39 is 9.14 Å². The summed E-state index contributed by atoms with van der Waals surface area (Å²) in [6.45, 7) is 4.20. The van der Waals surface area contributed by atoms with E-state index in [-0.39, 0.29) is 4.87 Å². The van der Waals surface area contributed by atoms with E-state index in [9.17, 15) is 0 Å². The summed E-state index contributed by atoms with van der Waals surface area (Å²) < 4.78 is 0. The van der Waals surface area contributed by atoms with Gasteiger partial charge in [-0.05, 0) is 13.3 Å². The van der Waals surface area contributed by atoms with Crippen LogP contribution in [0.25, 0.3) is 0 Å². The Hall–Kier alpha value is 2.18. The summed E-state index contributed by atoms with van der Waals surface area (Å²) in [6.07, 6.45) is 1.02. The molecule has 0 saturated heterocycles. The summed E-state index contributed by atoms with van der Waals surface area (Å²) in [5, 5.41) is 9.02. The van der Waals surface area contributed by atoms with Crippen LogP contribution >= 0.6 is 64.7 Å². The number of azo groups is 1. The molecule has 0 bridgehead atoms. The van der Waals surface area contributed by atoms with Gasteiger partial charge < -0.3 is 0 Å². The minimum atomic E-state index is -5.42. The molecule has 1 atom stereocenters. The Morgan fingerprint density at radius 3 is 1.82 bits per heavy atom. The summed E-state index contributed by atoms with van der Waals surface area (Å²) in [4.78, 5) is 2.96. The molecule has 104 valence electrons. The number of thioether (sulfide) groups is 1. The van der Waals surface area contributed by atoms with Gasteiger partial charge in [-0.25, -0.2) is 0 Å². The summed E-state index contributed by atoms with van der Waals surface area (Å²) in [6, 6.07) is 0. The van der Waals surface area contributed by atoms with Crippen molar-refractivity contribution in [2.75, 3.05) is 7.05 Å². The van der Waals surface area contributed by atoms with Crippen LogP contribution in [0.5, 0.6) is 0 Å². The fourth-order valence-corrected chi connectivity index (χ4v) is 1.47. The number of nitrogens with one attached hydrogen (secondary N) is 1. The van der Waals surface area contributed by atoms with E-state index in [0.29, 0.717) is 0 Å². The second kappa shape index (κ2) is 5.52. The standard InChI is InChI=1S/C6H11N3S.6ClH.Sb/c1-4-6(2)9-8-5(7-3)10-6;;;;;;;/h4H2,1-3H3;6*1H;/q;;;;;;;+5/p-5. The van der Waals surface area contributed by atoms with Gasteiger partial charge in [0.25, 0.3) is 0 Å². The molecule has 1 aliphatic heterocycles. The van der Waals surface area contributed by atoms with Crippen LogP contribution in [-0.2, 0) is 0 Å². The Balaban J connectivity index is 0.000000325. The number of amidine groups is 1. The van der Waals surface area contributed by atoms with E-state index >= 15 is 0 Å². The third-order valence-electron chi connectivity index (χ3n) is 1.54. The minimum absolute atomic E-state index is 0.0155. The molecular weight excluding hydrogens is 481 g/mol. The van der Waals surface area contributed by atoms with Crippen LogP contribution in [0.1, 0.15) is 20.3 Å². The molecule has 0 amide bonds. The molecule has 11 heteroatoms. The first-order chi connectivity index (χ1) is 7.15. The molecule has 3 nitrogen and oxygen atoms in total. The van der Waals surface area contributed by atoms with E-state index in [1.165, 1.54) is 0 Å². The van der Waals surface area contributed by atoms with Crippen molar-refractivity contribution in [3.63, 3.8) is 0 Å². The summed E-state index contributed by atoms with van der Waals surface area (Å²) in [5.41, 5.74) is 0. The summed E-state index contributed by atoms with van der Waals surface area (Å²) in [7, 11) is 26.8. The zero-order valence-corrected chi connectivity index (χ0v) is 17.1. The van der Waals surface area contributed by atoms with Gasteiger partial charge in [0.05, 0.1) is 12.2 Å². The number of hydrogen-bond donors (Lipinski definition) is 1. The Kier molecular flexibility index (Phi) is 6.23. The molecule has 0 aromatic heterocycles. The Morgan fingerprint density at radius 2 is 1.65 bits per heavy atom. The number of halogens is 6. The molecule has 0 spiro atoms. The monoisotopic (exact) mass is 489 g/mol. The van der Waals surface area contributed by atoms with Gasteiger partial charge in [0.1, 0.15) is 0 Å². The van der Waals surface area contributed by atoms with Crippen LogP contribution < -0.4 is 4.99 Å². The molecule has 0 aliphatic carbocycles. The van der Waals surface area contributed by atoms with E-state index in [1.807, 2.05) is 7.05 Å². The first-order valence-corrected chi connectivity index (χ1v) is 24.6. The maximum absolute atomic E-state index is 5.42. The molecule has 1 N–H and O–H groups in total. The Morgan fingerprint density at radius 1 is 1.24 bits per heavy atom. The average molecular weight is 493 g/mol. The fraction of sp³-hybridized carbons (Fsp3) is 0.833. The van der Waals surface area contributed by atoms with Crippen LogP contribution in [0, 0.1) is 0 Å². The second-order valence-corrected chi connectivity index (χ2v) is 61.7. The van der Waals surface area contributed by atoms with Gasteiger partial charge in [-0.1, -0.05) is 12.0 Å². The molecule has 17 heavy (non-hydrogen) atoms. The molecule has 0 radical (unpaired) electrons. The third-order valence-corrected chi connectivity index (χ3v) is 2.83. The van der Waals surface area contributed by atoms with Gasteiger partial charge in [0, 0.05) is 11.8 Å². The van der Waals surface area contributed by atoms with Gasteiger partial charge in [0.15, 0.2) is 4.87 Å². The normalized spacial score (nSPS) is 30.5. The maximum atomic E-state index is 5.06. The van der Waals surface area contributed by atoms with Crippen molar-refractivity contribution in [1.29, 1.82) is 0 Å². The van der Waals surface area contributed by atoms with Crippen LogP contribution in [0.3, 0.4) is 0 Å². The van der Waals surface area contributed by atoms with Crippen LogP contribution in [0.4, 0.5) is 0 Å². The van der Waals surface area contributed by atoms with Crippen LogP contribution in [0.15, 0.2) is 10.2 Å². The topological polar surface area (TPSA) is 38.7 Å². The van der Waals surface area contributed by atoms with Crippen molar-refractivity contribution < 1.29 is 4.99 Å². The predicted molar refractivity (Wildman–Crippen MR) is 83.9 cm³/mol. The van der Waals surface area contributed by atoms with Crippen molar-refractivity contribution in [3.05, 3.63) is 0 Å². The fourth-order valence-electron chi connectivity index (χ4n) is 0.644. The van der Waals surface area contributed by atoms with E-state index in [4.69, 9.17) is 53.0 Å². The number of nitrogens with zero attached hydrogens (tertiary/aromatic N) is 2. The molecule has 0 fully saturated rings. The Bertz CT molecular complexity index is 337. The molecule has 1 heterocycles. The van der Waals surface area contributed by atoms with Gasteiger partial charge in [-0.15, -0.1) is 0 Å². The van der Waals surface area contributed by atoms with E-state index in [1.54, 1.807) is 11.8 Å². The predicted octanol–water partition coefficient (Wildman–Crippen LogP) is 4.13. The average Bonchev–Trinajstić information content (AvgIpc) is 2.43. The van der Waals surface area contributed by atoms with Gasteiger partial charge in [0.2, 0.25) is 0 Å². The SMILES string of the molecule is CCC1(C)N=NC(=[NH+]C)S1.[Cl][Sb-]([Cl])([Cl])([Cl])([Cl])[Cl]. The number of rotatable bonds is 1.